The van der Waals surface area contributed by atoms with Crippen molar-refractivity contribution >= 4 is 21.8 Å². The first-order chi connectivity index (χ1) is 10.0. The molecule has 0 aliphatic carbocycles. The summed E-state index contributed by atoms with van der Waals surface area (Å²) in [5.74, 6) is 0.398. The number of nitrogens with one attached hydrogen (secondary N) is 1. The number of carbonyl (C=O) groups is 1. The van der Waals surface area contributed by atoms with Gasteiger partial charge in [-0.05, 0) is 46.6 Å². The summed E-state index contributed by atoms with van der Waals surface area (Å²) in [4.78, 5) is 15.9. The maximum absolute atomic E-state index is 12.1. The molecule has 21 heavy (non-hydrogen) atoms. The smallest absolute Gasteiger partial charge is 0.253 e. The molecule has 6 heteroatoms. The largest absolute Gasteiger partial charge is 0.506 e. The van der Waals surface area contributed by atoms with Crippen LogP contribution < -0.4 is 10.1 Å². The van der Waals surface area contributed by atoms with Crippen LogP contribution in [0.5, 0.6) is 11.5 Å². The lowest BCUT2D eigenvalue weighted by Gasteiger charge is -2.15. The lowest BCUT2D eigenvalue weighted by atomic mass is 10.1. The van der Waals surface area contributed by atoms with Crippen LogP contribution in [0, 0.1) is 0 Å². The minimum absolute atomic E-state index is 0.0394. The first kappa shape index (κ1) is 15.3. The van der Waals surface area contributed by atoms with Crippen molar-refractivity contribution in [3.05, 3.63) is 52.3 Å². The van der Waals surface area contributed by atoms with Gasteiger partial charge in [0.2, 0.25) is 0 Å². The molecule has 0 saturated carbocycles. The van der Waals surface area contributed by atoms with E-state index in [9.17, 15) is 9.90 Å². The zero-order valence-corrected chi connectivity index (χ0v) is 13.2. The Morgan fingerprint density at radius 3 is 2.76 bits per heavy atom. The van der Waals surface area contributed by atoms with E-state index in [2.05, 4.69) is 26.2 Å². The molecule has 1 aromatic heterocycles. The number of pyridine rings is 1. The zero-order chi connectivity index (χ0) is 15.4. The Labute approximate surface area is 131 Å². The van der Waals surface area contributed by atoms with Crippen molar-refractivity contribution in [3.8, 4) is 11.5 Å². The summed E-state index contributed by atoms with van der Waals surface area (Å²) >= 11 is 3.42. The number of rotatable bonds is 4. The number of nitrogens with zero attached hydrogens (tertiary/aromatic N) is 1. The van der Waals surface area contributed by atoms with Crippen LogP contribution in [0.4, 0.5) is 0 Å². The lowest BCUT2D eigenvalue weighted by Crippen LogP contribution is -2.26. The third-order valence-electron chi connectivity index (χ3n) is 3.01. The molecule has 0 bridgehead atoms. The molecule has 1 atom stereocenters. The fourth-order valence-electron chi connectivity index (χ4n) is 1.87. The standard InChI is InChI=1S/C15H15BrN2O3/c1-9(10-3-4-14(21-2)13(16)6-10)18-15(20)11-5-12(19)8-17-7-11/h3-9,19H,1-2H3,(H,18,20). The van der Waals surface area contributed by atoms with Crippen LogP contribution in [0.15, 0.2) is 41.1 Å². The van der Waals surface area contributed by atoms with Gasteiger partial charge < -0.3 is 15.2 Å². The molecule has 0 spiro atoms. The van der Waals surface area contributed by atoms with Crippen molar-refractivity contribution in [3.63, 3.8) is 0 Å². The number of halogens is 1. The van der Waals surface area contributed by atoms with Crippen molar-refractivity contribution in [1.29, 1.82) is 0 Å². The lowest BCUT2D eigenvalue weighted by molar-refractivity contribution is 0.0939. The summed E-state index contributed by atoms with van der Waals surface area (Å²) in [6.07, 6.45) is 2.69. The van der Waals surface area contributed by atoms with Crippen molar-refractivity contribution in [2.75, 3.05) is 7.11 Å². The van der Waals surface area contributed by atoms with Gasteiger partial charge in [-0.2, -0.15) is 0 Å². The summed E-state index contributed by atoms with van der Waals surface area (Å²) in [7, 11) is 1.60. The van der Waals surface area contributed by atoms with Gasteiger partial charge in [0.1, 0.15) is 11.5 Å². The van der Waals surface area contributed by atoms with E-state index in [1.54, 1.807) is 7.11 Å². The summed E-state index contributed by atoms with van der Waals surface area (Å²) in [5, 5.41) is 12.2. The van der Waals surface area contributed by atoms with Crippen molar-refractivity contribution < 1.29 is 14.6 Å². The number of hydrogen-bond acceptors (Lipinski definition) is 4. The quantitative estimate of drug-likeness (QED) is 0.888. The van der Waals surface area contributed by atoms with E-state index in [1.807, 2.05) is 25.1 Å². The molecule has 1 aromatic carbocycles. The highest BCUT2D eigenvalue weighted by Gasteiger charge is 2.13. The van der Waals surface area contributed by atoms with Crippen LogP contribution in [0.3, 0.4) is 0 Å². The zero-order valence-electron chi connectivity index (χ0n) is 11.6. The molecule has 110 valence electrons. The predicted octanol–water partition coefficient (Wildman–Crippen LogP) is 3.05. The molecule has 2 N–H and O–H groups in total. The highest BCUT2D eigenvalue weighted by Crippen LogP contribution is 2.28. The molecule has 2 aromatic rings. The molecule has 0 aliphatic heterocycles. The minimum Gasteiger partial charge on any atom is -0.506 e. The summed E-state index contributed by atoms with van der Waals surface area (Å²) in [6, 6.07) is 6.79. The number of methoxy groups -OCH3 is 1. The SMILES string of the molecule is COc1ccc(C(C)NC(=O)c2cncc(O)c2)cc1Br. The van der Waals surface area contributed by atoms with Crippen LogP contribution in [0.25, 0.3) is 0 Å². The normalized spacial score (nSPS) is 11.8. The van der Waals surface area contributed by atoms with E-state index >= 15 is 0 Å². The van der Waals surface area contributed by atoms with Gasteiger partial charge in [0.15, 0.2) is 0 Å². The average molecular weight is 351 g/mol. The summed E-state index contributed by atoms with van der Waals surface area (Å²) in [5.41, 5.74) is 1.25. The van der Waals surface area contributed by atoms with E-state index in [4.69, 9.17) is 4.74 Å². The predicted molar refractivity (Wildman–Crippen MR) is 82.5 cm³/mol. The van der Waals surface area contributed by atoms with E-state index in [1.165, 1.54) is 18.5 Å². The van der Waals surface area contributed by atoms with E-state index in [0.717, 1.165) is 15.8 Å². The van der Waals surface area contributed by atoms with Gasteiger partial charge in [0.05, 0.1) is 29.4 Å². The summed E-state index contributed by atoms with van der Waals surface area (Å²) in [6.45, 7) is 1.88. The Morgan fingerprint density at radius 2 is 2.14 bits per heavy atom. The first-order valence-electron chi connectivity index (χ1n) is 6.29. The number of benzene rings is 1. The maximum Gasteiger partial charge on any atom is 0.253 e. The molecule has 1 unspecified atom stereocenters. The monoisotopic (exact) mass is 350 g/mol. The highest BCUT2D eigenvalue weighted by molar-refractivity contribution is 9.10. The Bertz CT molecular complexity index is 661. The molecule has 1 amide bonds. The third-order valence-corrected chi connectivity index (χ3v) is 3.63. The molecule has 0 aliphatic rings. The van der Waals surface area contributed by atoms with Crippen LogP contribution in [-0.2, 0) is 0 Å². The van der Waals surface area contributed by atoms with Crippen LogP contribution in [0.1, 0.15) is 28.9 Å². The Kier molecular flexibility index (Phi) is 4.80. The average Bonchev–Trinajstić information content (AvgIpc) is 2.47. The van der Waals surface area contributed by atoms with Gasteiger partial charge in [-0.3, -0.25) is 9.78 Å². The highest BCUT2D eigenvalue weighted by atomic mass is 79.9. The van der Waals surface area contributed by atoms with Gasteiger partial charge in [-0.25, -0.2) is 0 Å². The van der Waals surface area contributed by atoms with E-state index in [-0.39, 0.29) is 17.7 Å². The number of aromatic hydroxyl groups is 1. The molecule has 0 radical (unpaired) electrons. The van der Waals surface area contributed by atoms with Crippen LogP contribution >= 0.6 is 15.9 Å². The van der Waals surface area contributed by atoms with E-state index in [0.29, 0.717) is 5.56 Å². The number of carbonyl (C=O) groups excluding carboxylic acids is 1. The van der Waals surface area contributed by atoms with Gasteiger partial charge in [-0.1, -0.05) is 6.07 Å². The van der Waals surface area contributed by atoms with Gasteiger partial charge >= 0.3 is 0 Å². The van der Waals surface area contributed by atoms with Gasteiger partial charge in [0.25, 0.3) is 5.91 Å². The van der Waals surface area contributed by atoms with Gasteiger partial charge in [0, 0.05) is 6.20 Å². The van der Waals surface area contributed by atoms with Gasteiger partial charge in [-0.15, -0.1) is 0 Å². The number of ether oxygens (including phenoxy) is 1. The maximum atomic E-state index is 12.1. The fraction of sp³-hybridized carbons (Fsp3) is 0.200. The number of hydrogen-bond donors (Lipinski definition) is 2. The minimum atomic E-state index is -0.294. The van der Waals surface area contributed by atoms with Crippen molar-refractivity contribution in [2.24, 2.45) is 0 Å². The molecule has 2 rings (SSSR count). The Morgan fingerprint density at radius 1 is 1.38 bits per heavy atom. The third kappa shape index (κ3) is 3.72. The number of aromatic nitrogens is 1. The molecule has 0 fully saturated rings. The second-order valence-electron chi connectivity index (χ2n) is 4.52. The van der Waals surface area contributed by atoms with Crippen LogP contribution in [-0.4, -0.2) is 23.1 Å². The van der Waals surface area contributed by atoms with E-state index < -0.39 is 0 Å². The fourth-order valence-corrected chi connectivity index (χ4v) is 2.43. The summed E-state index contributed by atoms with van der Waals surface area (Å²) < 4.78 is 5.99. The molecule has 1 heterocycles. The first-order valence-corrected chi connectivity index (χ1v) is 7.09. The molecule has 0 saturated heterocycles. The Hall–Kier alpha value is -2.08. The molecule has 5 nitrogen and oxygen atoms in total. The molecular formula is C15H15BrN2O3. The second kappa shape index (κ2) is 6.58. The topological polar surface area (TPSA) is 71.5 Å². The molecular weight excluding hydrogens is 336 g/mol. The van der Waals surface area contributed by atoms with Crippen LogP contribution in [0.2, 0.25) is 0 Å². The van der Waals surface area contributed by atoms with Crippen molar-refractivity contribution in [1.82, 2.24) is 10.3 Å². The second-order valence-corrected chi connectivity index (χ2v) is 5.38. The Balaban J connectivity index is 2.12. The number of amides is 1. The van der Waals surface area contributed by atoms with Crippen molar-refractivity contribution in [2.45, 2.75) is 13.0 Å².